The molecule has 0 amide bonds. The van der Waals surface area contributed by atoms with Crippen LogP contribution in [0, 0.1) is 6.92 Å². The molecule has 0 radical (unpaired) electrons. The summed E-state index contributed by atoms with van der Waals surface area (Å²) < 4.78 is 27.7. The molecule has 23 heavy (non-hydrogen) atoms. The van der Waals surface area contributed by atoms with E-state index in [4.69, 9.17) is 0 Å². The van der Waals surface area contributed by atoms with E-state index in [2.05, 4.69) is 14.7 Å². The fourth-order valence-electron chi connectivity index (χ4n) is 1.98. The van der Waals surface area contributed by atoms with Crippen molar-refractivity contribution in [1.29, 1.82) is 0 Å². The van der Waals surface area contributed by atoms with Gasteiger partial charge in [0, 0.05) is 28.2 Å². The van der Waals surface area contributed by atoms with Gasteiger partial charge in [0.05, 0.1) is 11.1 Å². The molecule has 0 aliphatic rings. The summed E-state index contributed by atoms with van der Waals surface area (Å²) in [5.41, 5.74) is 1.21. The molecule has 0 unspecified atom stereocenters. The normalized spacial score (nSPS) is 11.2. The second-order valence-corrected chi connectivity index (χ2v) is 7.30. The van der Waals surface area contributed by atoms with E-state index in [-0.39, 0.29) is 4.90 Å². The largest absolute Gasteiger partial charge is 0.361 e. The average Bonchev–Trinajstić information content (AvgIpc) is 2.46. The predicted octanol–water partition coefficient (Wildman–Crippen LogP) is 1.72. The molecule has 1 aromatic carbocycles. The molecule has 0 saturated carbocycles. The van der Waals surface area contributed by atoms with Crippen LogP contribution in [0.15, 0.2) is 35.4 Å². The first-order valence-corrected chi connectivity index (χ1v) is 8.50. The number of hydrogen-bond acceptors (Lipinski definition) is 6. The highest BCUT2D eigenvalue weighted by molar-refractivity contribution is 7.92. The van der Waals surface area contributed by atoms with Crippen LogP contribution in [-0.4, -0.2) is 46.6 Å². The van der Waals surface area contributed by atoms with Crippen molar-refractivity contribution in [3.63, 3.8) is 0 Å². The van der Waals surface area contributed by atoms with Crippen LogP contribution in [-0.2, 0) is 10.0 Å². The van der Waals surface area contributed by atoms with Crippen molar-refractivity contribution >= 4 is 27.5 Å². The van der Waals surface area contributed by atoms with Gasteiger partial charge in [0.15, 0.2) is 5.82 Å². The fraction of sp³-hybridized carbons (Fsp3) is 0.333. The quantitative estimate of drug-likeness (QED) is 0.896. The van der Waals surface area contributed by atoms with Crippen LogP contribution in [0.2, 0.25) is 0 Å². The van der Waals surface area contributed by atoms with Crippen molar-refractivity contribution in [2.45, 2.75) is 11.8 Å². The third-order valence-corrected chi connectivity index (χ3v) is 4.49. The summed E-state index contributed by atoms with van der Waals surface area (Å²) in [5.74, 6) is 1.01. The van der Waals surface area contributed by atoms with Gasteiger partial charge in [0.1, 0.15) is 5.69 Å². The standard InChI is InChI=1S/C15H21N5O2S/c1-11-7-6-8-12(9-11)23(21,22)18-13-10-16-15(20(4)5)17-14(13)19(2)3/h6-10,18H,1-5H3. The Morgan fingerprint density at radius 2 is 1.78 bits per heavy atom. The molecule has 0 saturated heterocycles. The summed E-state index contributed by atoms with van der Waals surface area (Å²) >= 11 is 0. The van der Waals surface area contributed by atoms with Gasteiger partial charge in [-0.1, -0.05) is 12.1 Å². The monoisotopic (exact) mass is 335 g/mol. The lowest BCUT2D eigenvalue weighted by molar-refractivity contribution is 0.601. The molecular weight excluding hydrogens is 314 g/mol. The van der Waals surface area contributed by atoms with Crippen molar-refractivity contribution < 1.29 is 8.42 Å². The Morgan fingerprint density at radius 3 is 2.35 bits per heavy atom. The van der Waals surface area contributed by atoms with Crippen LogP contribution >= 0.6 is 0 Å². The van der Waals surface area contributed by atoms with E-state index >= 15 is 0 Å². The molecule has 8 heteroatoms. The Hall–Kier alpha value is -2.35. The van der Waals surface area contributed by atoms with Crippen molar-refractivity contribution in [3.05, 3.63) is 36.0 Å². The number of nitrogens with zero attached hydrogens (tertiary/aromatic N) is 4. The number of nitrogens with one attached hydrogen (secondary N) is 1. The van der Waals surface area contributed by atoms with Crippen LogP contribution < -0.4 is 14.5 Å². The maximum atomic E-state index is 12.6. The first kappa shape index (κ1) is 17.0. The SMILES string of the molecule is Cc1cccc(S(=O)(=O)Nc2cnc(N(C)C)nc2N(C)C)c1. The Labute approximate surface area is 137 Å². The van der Waals surface area contributed by atoms with E-state index in [1.807, 2.05) is 27.1 Å². The number of aromatic nitrogens is 2. The van der Waals surface area contributed by atoms with Crippen LogP contribution in [0.4, 0.5) is 17.5 Å². The van der Waals surface area contributed by atoms with E-state index in [1.54, 1.807) is 42.1 Å². The van der Waals surface area contributed by atoms with E-state index in [0.717, 1.165) is 5.56 Å². The minimum Gasteiger partial charge on any atom is -0.361 e. The first-order valence-electron chi connectivity index (χ1n) is 7.02. The van der Waals surface area contributed by atoms with Gasteiger partial charge in [-0.2, -0.15) is 4.98 Å². The molecule has 2 rings (SSSR count). The highest BCUT2D eigenvalue weighted by Gasteiger charge is 2.19. The summed E-state index contributed by atoms with van der Waals surface area (Å²) in [6.45, 7) is 1.85. The predicted molar refractivity (Wildman–Crippen MR) is 92.7 cm³/mol. The molecule has 0 fully saturated rings. The molecule has 0 bridgehead atoms. The van der Waals surface area contributed by atoms with Gasteiger partial charge in [-0.15, -0.1) is 0 Å². The highest BCUT2D eigenvalue weighted by Crippen LogP contribution is 2.26. The molecule has 0 aliphatic carbocycles. The Kier molecular flexibility index (Phi) is 4.74. The van der Waals surface area contributed by atoms with Gasteiger partial charge < -0.3 is 9.80 Å². The number of benzene rings is 1. The summed E-state index contributed by atoms with van der Waals surface area (Å²) in [5, 5.41) is 0. The molecular formula is C15H21N5O2S. The molecule has 2 aromatic rings. The Balaban J connectivity index is 2.43. The molecule has 1 N–H and O–H groups in total. The smallest absolute Gasteiger partial charge is 0.262 e. The lowest BCUT2D eigenvalue weighted by atomic mass is 10.2. The van der Waals surface area contributed by atoms with Crippen molar-refractivity contribution in [1.82, 2.24) is 9.97 Å². The van der Waals surface area contributed by atoms with Gasteiger partial charge >= 0.3 is 0 Å². The average molecular weight is 335 g/mol. The number of aryl methyl sites for hydroxylation is 1. The number of hydrogen-bond donors (Lipinski definition) is 1. The maximum Gasteiger partial charge on any atom is 0.262 e. The molecule has 7 nitrogen and oxygen atoms in total. The zero-order valence-electron chi connectivity index (χ0n) is 13.9. The topological polar surface area (TPSA) is 78.4 Å². The highest BCUT2D eigenvalue weighted by atomic mass is 32.2. The van der Waals surface area contributed by atoms with Gasteiger partial charge in [-0.3, -0.25) is 4.72 Å². The van der Waals surface area contributed by atoms with Crippen molar-refractivity contribution in [2.75, 3.05) is 42.7 Å². The number of rotatable bonds is 5. The number of anilines is 3. The maximum absolute atomic E-state index is 12.6. The van der Waals surface area contributed by atoms with Crippen molar-refractivity contribution in [3.8, 4) is 0 Å². The lowest BCUT2D eigenvalue weighted by Crippen LogP contribution is -2.21. The second kappa shape index (κ2) is 6.41. The van der Waals surface area contributed by atoms with Gasteiger partial charge in [-0.25, -0.2) is 13.4 Å². The van der Waals surface area contributed by atoms with Gasteiger partial charge in [0.25, 0.3) is 10.0 Å². The van der Waals surface area contributed by atoms with E-state index in [0.29, 0.717) is 17.5 Å². The summed E-state index contributed by atoms with van der Waals surface area (Å²) in [7, 11) is 3.55. The first-order chi connectivity index (χ1) is 10.7. The molecule has 0 atom stereocenters. The van der Waals surface area contributed by atoms with Gasteiger partial charge in [-0.05, 0) is 24.6 Å². The third kappa shape index (κ3) is 3.89. The molecule has 1 heterocycles. The minimum absolute atomic E-state index is 0.207. The van der Waals surface area contributed by atoms with Crippen LogP contribution in [0.3, 0.4) is 0 Å². The zero-order chi connectivity index (χ0) is 17.2. The summed E-state index contributed by atoms with van der Waals surface area (Å²) in [6.07, 6.45) is 1.48. The Bertz CT molecular complexity index is 803. The summed E-state index contributed by atoms with van der Waals surface area (Å²) in [6, 6.07) is 6.73. The minimum atomic E-state index is -3.70. The van der Waals surface area contributed by atoms with Crippen LogP contribution in [0.1, 0.15) is 5.56 Å². The zero-order valence-corrected chi connectivity index (χ0v) is 14.7. The van der Waals surface area contributed by atoms with E-state index < -0.39 is 10.0 Å². The fourth-order valence-corrected chi connectivity index (χ4v) is 3.13. The van der Waals surface area contributed by atoms with Crippen LogP contribution in [0.25, 0.3) is 0 Å². The molecule has 0 aliphatic heterocycles. The van der Waals surface area contributed by atoms with Crippen LogP contribution in [0.5, 0.6) is 0 Å². The Morgan fingerprint density at radius 1 is 1.09 bits per heavy atom. The number of sulfonamides is 1. The second-order valence-electron chi connectivity index (χ2n) is 5.62. The lowest BCUT2D eigenvalue weighted by Gasteiger charge is -2.19. The van der Waals surface area contributed by atoms with Crippen molar-refractivity contribution in [2.24, 2.45) is 0 Å². The third-order valence-electron chi connectivity index (χ3n) is 3.12. The molecule has 124 valence electrons. The van der Waals surface area contributed by atoms with E-state index in [1.165, 1.54) is 6.20 Å². The molecule has 0 spiro atoms. The summed E-state index contributed by atoms with van der Waals surface area (Å²) in [4.78, 5) is 12.3. The molecule has 1 aromatic heterocycles. The van der Waals surface area contributed by atoms with Gasteiger partial charge in [0.2, 0.25) is 5.95 Å². The van der Waals surface area contributed by atoms with E-state index in [9.17, 15) is 8.42 Å².